The molecule has 1 aliphatic rings. The molecule has 3 aromatic carbocycles. The average Bonchev–Trinajstić information content (AvgIpc) is 2.87. The van der Waals surface area contributed by atoms with Crippen LogP contribution in [0.5, 0.6) is 11.5 Å². The molecule has 180 valence electrons. The number of halogens is 1. The molecule has 0 atom stereocenters. The number of anilines is 1. The van der Waals surface area contributed by atoms with Gasteiger partial charge in [0.25, 0.3) is 11.8 Å². The van der Waals surface area contributed by atoms with E-state index in [4.69, 9.17) is 9.47 Å². The molecule has 0 saturated heterocycles. The largest absolute Gasteiger partial charge is 0.493 e. The van der Waals surface area contributed by atoms with E-state index in [1.807, 2.05) is 37.3 Å². The molecule has 35 heavy (non-hydrogen) atoms. The maximum atomic E-state index is 13.1. The lowest BCUT2D eigenvalue weighted by atomic mass is 10.1. The third kappa shape index (κ3) is 5.49. The number of amides is 2. The van der Waals surface area contributed by atoms with Crippen LogP contribution in [0.1, 0.15) is 28.4 Å². The predicted octanol–water partition coefficient (Wildman–Crippen LogP) is 5.27. The van der Waals surface area contributed by atoms with Crippen molar-refractivity contribution in [3.63, 3.8) is 0 Å². The van der Waals surface area contributed by atoms with Crippen molar-refractivity contribution in [1.82, 2.24) is 5.32 Å². The summed E-state index contributed by atoms with van der Waals surface area (Å²) in [5.74, 6) is 0.479. The average molecular weight is 493 g/mol. The summed E-state index contributed by atoms with van der Waals surface area (Å²) in [5.41, 5.74) is 2.71. The molecule has 0 radical (unpaired) electrons. The summed E-state index contributed by atoms with van der Waals surface area (Å²) >= 11 is 1.35. The molecule has 0 unspecified atom stereocenters. The molecular formula is C27H25FN2O4S. The Morgan fingerprint density at radius 1 is 1.09 bits per heavy atom. The summed E-state index contributed by atoms with van der Waals surface area (Å²) in [7, 11) is 3.26. The predicted molar refractivity (Wildman–Crippen MR) is 135 cm³/mol. The number of hydrogen-bond donors (Lipinski definition) is 1. The Balaban J connectivity index is 1.52. The second-order valence-electron chi connectivity index (χ2n) is 7.81. The van der Waals surface area contributed by atoms with E-state index in [-0.39, 0.29) is 24.2 Å². The van der Waals surface area contributed by atoms with Crippen molar-refractivity contribution in [2.24, 2.45) is 0 Å². The van der Waals surface area contributed by atoms with Crippen molar-refractivity contribution < 1.29 is 23.5 Å². The van der Waals surface area contributed by atoms with Crippen LogP contribution in [-0.2, 0) is 11.3 Å². The van der Waals surface area contributed by atoms with Crippen molar-refractivity contribution in [3.05, 3.63) is 88.1 Å². The smallest absolute Gasteiger partial charge is 0.264 e. The molecule has 2 amide bonds. The molecule has 0 spiro atoms. The molecule has 1 heterocycles. The van der Waals surface area contributed by atoms with E-state index in [1.54, 1.807) is 43.3 Å². The van der Waals surface area contributed by atoms with Crippen molar-refractivity contribution >= 4 is 35.3 Å². The number of benzene rings is 3. The van der Waals surface area contributed by atoms with E-state index >= 15 is 0 Å². The first kappa shape index (κ1) is 24.3. The van der Waals surface area contributed by atoms with Crippen LogP contribution in [0.4, 0.5) is 10.1 Å². The van der Waals surface area contributed by atoms with Crippen LogP contribution in [0.2, 0.25) is 0 Å². The summed E-state index contributed by atoms with van der Waals surface area (Å²) < 4.78 is 24.0. The third-order valence-electron chi connectivity index (χ3n) is 5.47. The van der Waals surface area contributed by atoms with Gasteiger partial charge in [-0.25, -0.2) is 4.39 Å². The summed E-state index contributed by atoms with van der Waals surface area (Å²) in [6.45, 7) is 2.71. The molecule has 1 N–H and O–H groups in total. The number of carbonyl (C=O) groups is 2. The van der Waals surface area contributed by atoms with Gasteiger partial charge in [0.2, 0.25) is 0 Å². The summed E-state index contributed by atoms with van der Waals surface area (Å²) in [6, 6.07) is 16.7. The van der Waals surface area contributed by atoms with Gasteiger partial charge < -0.3 is 19.7 Å². The highest BCUT2D eigenvalue weighted by atomic mass is 32.2. The van der Waals surface area contributed by atoms with Crippen LogP contribution in [0.3, 0.4) is 0 Å². The topological polar surface area (TPSA) is 67.9 Å². The Morgan fingerprint density at radius 3 is 2.57 bits per heavy atom. The van der Waals surface area contributed by atoms with Gasteiger partial charge in [-0.3, -0.25) is 9.59 Å². The number of likely N-dealkylation sites (N-methyl/N-ethyl adjacent to an activating group) is 1. The summed E-state index contributed by atoms with van der Waals surface area (Å²) in [4.78, 5) is 28.7. The standard InChI is InChI=1S/C27H25FN2O4S/c1-4-34-22-11-7-18(13-23(22)33-3)14-25-27(32)30(2)21-15-19(8-12-24(21)35-25)26(31)29-16-17-5-9-20(28)10-6-17/h5-15H,4,16H2,1-3H3,(H,29,31). The quantitative estimate of drug-likeness (QED) is 0.455. The van der Waals surface area contributed by atoms with E-state index in [9.17, 15) is 14.0 Å². The molecule has 0 saturated carbocycles. The summed E-state index contributed by atoms with van der Waals surface area (Å²) in [5, 5.41) is 2.83. The van der Waals surface area contributed by atoms with E-state index < -0.39 is 0 Å². The minimum Gasteiger partial charge on any atom is -0.493 e. The fraction of sp³-hybridized carbons (Fsp3) is 0.185. The Kier molecular flexibility index (Phi) is 7.41. The number of nitrogens with zero attached hydrogens (tertiary/aromatic N) is 1. The van der Waals surface area contributed by atoms with Crippen LogP contribution in [0.25, 0.3) is 6.08 Å². The van der Waals surface area contributed by atoms with Gasteiger partial charge in [0.15, 0.2) is 11.5 Å². The lowest BCUT2D eigenvalue weighted by Crippen LogP contribution is -2.31. The number of methoxy groups -OCH3 is 1. The van der Waals surface area contributed by atoms with Gasteiger partial charge >= 0.3 is 0 Å². The van der Waals surface area contributed by atoms with Gasteiger partial charge in [-0.15, -0.1) is 0 Å². The maximum absolute atomic E-state index is 13.1. The van der Waals surface area contributed by atoms with E-state index in [0.29, 0.717) is 34.3 Å². The van der Waals surface area contributed by atoms with E-state index in [2.05, 4.69) is 5.32 Å². The molecule has 1 aliphatic heterocycles. The molecule has 4 rings (SSSR count). The number of fused-ring (bicyclic) bond motifs is 1. The molecular weight excluding hydrogens is 467 g/mol. The fourth-order valence-corrected chi connectivity index (χ4v) is 4.71. The zero-order chi connectivity index (χ0) is 24.9. The Hall–Kier alpha value is -3.78. The van der Waals surface area contributed by atoms with Crippen LogP contribution >= 0.6 is 11.8 Å². The van der Waals surface area contributed by atoms with Crippen molar-refractivity contribution in [3.8, 4) is 11.5 Å². The fourth-order valence-electron chi connectivity index (χ4n) is 3.62. The first-order chi connectivity index (χ1) is 16.9. The highest BCUT2D eigenvalue weighted by Crippen LogP contribution is 2.42. The van der Waals surface area contributed by atoms with Crippen molar-refractivity contribution in [2.45, 2.75) is 18.4 Å². The first-order valence-electron chi connectivity index (χ1n) is 11.0. The number of hydrogen-bond acceptors (Lipinski definition) is 5. The maximum Gasteiger partial charge on any atom is 0.264 e. The molecule has 3 aromatic rings. The molecule has 0 fully saturated rings. The van der Waals surface area contributed by atoms with Crippen LogP contribution in [0.15, 0.2) is 70.5 Å². The Bertz CT molecular complexity index is 1290. The number of nitrogens with one attached hydrogen (secondary N) is 1. The Labute approximate surface area is 207 Å². The van der Waals surface area contributed by atoms with E-state index in [0.717, 1.165) is 16.0 Å². The second kappa shape index (κ2) is 10.7. The SMILES string of the molecule is CCOc1ccc(C=C2Sc3ccc(C(=O)NCc4ccc(F)cc4)cc3N(C)C2=O)cc1OC. The number of ether oxygens (including phenoxy) is 2. The van der Waals surface area contributed by atoms with Crippen LogP contribution in [0, 0.1) is 5.82 Å². The van der Waals surface area contributed by atoms with E-state index in [1.165, 1.54) is 23.9 Å². The normalized spacial score (nSPS) is 14.0. The minimum absolute atomic E-state index is 0.167. The lowest BCUT2D eigenvalue weighted by Gasteiger charge is -2.27. The summed E-state index contributed by atoms with van der Waals surface area (Å²) in [6.07, 6.45) is 1.81. The number of carbonyl (C=O) groups excluding carboxylic acids is 2. The number of rotatable bonds is 7. The van der Waals surface area contributed by atoms with Crippen LogP contribution < -0.4 is 19.7 Å². The van der Waals surface area contributed by atoms with Gasteiger partial charge in [0, 0.05) is 24.1 Å². The monoisotopic (exact) mass is 492 g/mol. The van der Waals surface area contributed by atoms with Gasteiger partial charge in [-0.1, -0.05) is 30.0 Å². The van der Waals surface area contributed by atoms with Gasteiger partial charge in [-0.2, -0.15) is 0 Å². The molecule has 0 aliphatic carbocycles. The lowest BCUT2D eigenvalue weighted by molar-refractivity contribution is -0.114. The molecule has 0 aromatic heterocycles. The molecule has 6 nitrogen and oxygen atoms in total. The van der Waals surface area contributed by atoms with Gasteiger partial charge in [-0.05, 0) is 66.6 Å². The second-order valence-corrected chi connectivity index (χ2v) is 8.89. The van der Waals surface area contributed by atoms with Crippen molar-refractivity contribution in [2.75, 3.05) is 25.7 Å². The third-order valence-corrected chi connectivity index (χ3v) is 6.55. The van der Waals surface area contributed by atoms with Crippen molar-refractivity contribution in [1.29, 1.82) is 0 Å². The number of thioether (sulfide) groups is 1. The first-order valence-corrected chi connectivity index (χ1v) is 11.9. The molecule has 0 bridgehead atoms. The highest BCUT2D eigenvalue weighted by Gasteiger charge is 2.27. The van der Waals surface area contributed by atoms with Gasteiger partial charge in [0.05, 0.1) is 24.3 Å². The zero-order valence-electron chi connectivity index (χ0n) is 19.6. The van der Waals surface area contributed by atoms with Crippen LogP contribution in [-0.4, -0.2) is 32.6 Å². The Morgan fingerprint density at radius 2 is 1.86 bits per heavy atom. The minimum atomic E-state index is -0.324. The zero-order valence-corrected chi connectivity index (χ0v) is 20.4. The molecule has 8 heteroatoms. The highest BCUT2D eigenvalue weighted by molar-refractivity contribution is 8.04. The van der Waals surface area contributed by atoms with Gasteiger partial charge in [0.1, 0.15) is 5.82 Å².